The molecule has 3 aliphatic rings. The van der Waals surface area contributed by atoms with Gasteiger partial charge in [-0.15, -0.1) is 0 Å². The predicted octanol–water partition coefficient (Wildman–Crippen LogP) is 6.14. The third-order valence-electron chi connectivity index (χ3n) is 7.67. The maximum absolute atomic E-state index is 11.1. The highest BCUT2D eigenvalue weighted by atomic mass is 16.3. The van der Waals surface area contributed by atoms with Crippen LogP contribution in [-0.2, 0) is 11.2 Å². The topological polar surface area (TPSA) is 40.5 Å². The summed E-state index contributed by atoms with van der Waals surface area (Å²) in [5.74, 6) is 1.31. The van der Waals surface area contributed by atoms with Crippen LogP contribution < -0.4 is 4.90 Å². The minimum atomic E-state index is 0.230. The van der Waals surface area contributed by atoms with Gasteiger partial charge in [0.15, 0.2) is 0 Å². The molecule has 0 unspecified atom stereocenters. The van der Waals surface area contributed by atoms with Crippen molar-refractivity contribution in [3.63, 3.8) is 0 Å². The largest absolute Gasteiger partial charge is 0.508 e. The maximum Gasteiger partial charge on any atom is 0.123 e. The molecule has 0 spiro atoms. The fourth-order valence-corrected chi connectivity index (χ4v) is 5.95. The van der Waals surface area contributed by atoms with Crippen LogP contribution in [0.15, 0.2) is 48.0 Å². The molecule has 3 nitrogen and oxygen atoms in total. The number of phenols is 1. The minimum absolute atomic E-state index is 0.230. The molecule has 2 aromatic rings. The first-order chi connectivity index (χ1) is 15.2. The second kappa shape index (κ2) is 8.90. The van der Waals surface area contributed by atoms with Gasteiger partial charge in [0.25, 0.3) is 0 Å². The zero-order valence-electron chi connectivity index (χ0n) is 18.4. The number of rotatable bonds is 4. The molecular weight excluding hydrogens is 382 g/mol. The summed E-state index contributed by atoms with van der Waals surface area (Å²) < 4.78 is 0. The first-order valence-corrected chi connectivity index (χ1v) is 12.1. The lowest BCUT2D eigenvalue weighted by atomic mass is 9.84. The smallest absolute Gasteiger partial charge is 0.123 e. The Labute approximate surface area is 185 Å². The fraction of sp³-hybridized carbons (Fsp3) is 0.464. The third-order valence-corrected chi connectivity index (χ3v) is 7.67. The molecular formula is C28H33NO2. The molecule has 1 N–H and O–H groups in total. The van der Waals surface area contributed by atoms with E-state index in [-0.39, 0.29) is 5.92 Å². The number of aldehydes is 1. The summed E-state index contributed by atoms with van der Waals surface area (Å²) in [6.45, 7) is 1.92. The molecule has 0 radical (unpaired) electrons. The van der Waals surface area contributed by atoms with Gasteiger partial charge in [0, 0.05) is 24.7 Å². The van der Waals surface area contributed by atoms with E-state index >= 15 is 0 Å². The average Bonchev–Trinajstić information content (AvgIpc) is 3.28. The van der Waals surface area contributed by atoms with E-state index < -0.39 is 0 Å². The van der Waals surface area contributed by atoms with Gasteiger partial charge >= 0.3 is 0 Å². The lowest BCUT2D eigenvalue weighted by Crippen LogP contribution is -2.34. The molecule has 2 aliphatic carbocycles. The molecule has 2 fully saturated rings. The summed E-state index contributed by atoms with van der Waals surface area (Å²) >= 11 is 0. The lowest BCUT2D eigenvalue weighted by molar-refractivity contribution is -0.111. The number of allylic oxidation sites excluding steroid dienone is 1. The molecule has 31 heavy (non-hydrogen) atoms. The highest BCUT2D eigenvalue weighted by Gasteiger charge is 2.27. The van der Waals surface area contributed by atoms with E-state index in [9.17, 15) is 9.90 Å². The monoisotopic (exact) mass is 415 g/mol. The Morgan fingerprint density at radius 1 is 0.871 bits per heavy atom. The number of hydrogen-bond acceptors (Lipinski definition) is 3. The summed E-state index contributed by atoms with van der Waals surface area (Å²) in [7, 11) is 0. The quantitative estimate of drug-likeness (QED) is 0.610. The molecule has 1 saturated carbocycles. The third kappa shape index (κ3) is 4.15. The van der Waals surface area contributed by atoms with Crippen LogP contribution in [0.2, 0.25) is 0 Å². The Balaban J connectivity index is 1.51. The first-order valence-electron chi connectivity index (χ1n) is 12.1. The summed E-state index contributed by atoms with van der Waals surface area (Å²) in [4.78, 5) is 13.5. The van der Waals surface area contributed by atoms with Gasteiger partial charge in [-0.05, 0) is 97.4 Å². The number of carbonyl (C=O) groups excluding carboxylic acids is 1. The summed E-state index contributed by atoms with van der Waals surface area (Å²) in [5.41, 5.74) is 8.23. The van der Waals surface area contributed by atoms with E-state index in [1.54, 1.807) is 5.57 Å². The number of carbonyl (C=O) groups is 1. The second-order valence-corrected chi connectivity index (χ2v) is 9.58. The van der Waals surface area contributed by atoms with E-state index in [1.807, 2.05) is 12.1 Å². The van der Waals surface area contributed by atoms with E-state index in [1.165, 1.54) is 53.6 Å². The Morgan fingerprint density at radius 3 is 2.32 bits per heavy atom. The number of piperidine rings is 1. The molecule has 162 valence electrons. The molecule has 1 saturated heterocycles. The molecule has 0 atom stereocenters. The van der Waals surface area contributed by atoms with Gasteiger partial charge in [0.1, 0.15) is 12.0 Å². The normalized spacial score (nSPS) is 20.6. The van der Waals surface area contributed by atoms with Crippen molar-refractivity contribution in [2.75, 3.05) is 18.0 Å². The maximum atomic E-state index is 11.1. The van der Waals surface area contributed by atoms with Crippen molar-refractivity contribution >= 4 is 17.5 Å². The number of benzene rings is 2. The SMILES string of the molecule is O=CC1CCN(c2ccc(C3=C(C4CCCC4)CCCc4cc(O)ccc43)cc2)CC1. The number of aryl methyl sites for hydroxylation is 1. The highest BCUT2D eigenvalue weighted by Crippen LogP contribution is 2.44. The van der Waals surface area contributed by atoms with Crippen molar-refractivity contribution in [1.82, 2.24) is 0 Å². The number of fused-ring (bicyclic) bond motifs is 1. The molecule has 3 heteroatoms. The highest BCUT2D eigenvalue weighted by molar-refractivity contribution is 5.85. The summed E-state index contributed by atoms with van der Waals surface area (Å²) in [6, 6.07) is 15.1. The lowest BCUT2D eigenvalue weighted by Gasteiger charge is -2.31. The van der Waals surface area contributed by atoms with Crippen LogP contribution in [0.4, 0.5) is 5.69 Å². The van der Waals surface area contributed by atoms with Gasteiger partial charge in [0.05, 0.1) is 0 Å². The van der Waals surface area contributed by atoms with Crippen molar-refractivity contribution in [3.05, 3.63) is 64.7 Å². The Bertz CT molecular complexity index is 961. The van der Waals surface area contributed by atoms with Crippen LogP contribution in [-0.4, -0.2) is 24.5 Å². The van der Waals surface area contributed by atoms with Crippen LogP contribution in [0.1, 0.15) is 68.1 Å². The Kier molecular flexibility index (Phi) is 5.85. The van der Waals surface area contributed by atoms with Crippen LogP contribution in [0.3, 0.4) is 0 Å². The van der Waals surface area contributed by atoms with Gasteiger partial charge in [-0.2, -0.15) is 0 Å². The first kappa shape index (κ1) is 20.4. The van der Waals surface area contributed by atoms with Gasteiger partial charge < -0.3 is 14.8 Å². The zero-order valence-corrected chi connectivity index (χ0v) is 18.4. The van der Waals surface area contributed by atoms with Crippen molar-refractivity contribution in [2.45, 2.75) is 57.8 Å². The number of anilines is 1. The predicted molar refractivity (Wildman–Crippen MR) is 126 cm³/mol. The second-order valence-electron chi connectivity index (χ2n) is 9.58. The van der Waals surface area contributed by atoms with Gasteiger partial charge in [-0.1, -0.05) is 36.6 Å². The summed E-state index contributed by atoms with van der Waals surface area (Å²) in [5, 5.41) is 10.1. The molecule has 0 amide bonds. The zero-order chi connectivity index (χ0) is 21.2. The van der Waals surface area contributed by atoms with Crippen molar-refractivity contribution in [3.8, 4) is 5.75 Å². The van der Waals surface area contributed by atoms with Crippen molar-refractivity contribution < 1.29 is 9.90 Å². The van der Waals surface area contributed by atoms with E-state index in [4.69, 9.17) is 0 Å². The van der Waals surface area contributed by atoms with Crippen LogP contribution in [0.25, 0.3) is 5.57 Å². The molecule has 0 bridgehead atoms. The number of nitrogens with zero attached hydrogens (tertiary/aromatic N) is 1. The van der Waals surface area contributed by atoms with E-state index in [0.717, 1.165) is 51.5 Å². The number of hydrogen-bond donors (Lipinski definition) is 1. The molecule has 5 rings (SSSR count). The van der Waals surface area contributed by atoms with E-state index in [2.05, 4.69) is 35.2 Å². The van der Waals surface area contributed by atoms with Crippen molar-refractivity contribution in [2.24, 2.45) is 11.8 Å². The Hall–Kier alpha value is -2.55. The minimum Gasteiger partial charge on any atom is -0.508 e. The fourth-order valence-electron chi connectivity index (χ4n) is 5.95. The average molecular weight is 416 g/mol. The van der Waals surface area contributed by atoms with Crippen molar-refractivity contribution in [1.29, 1.82) is 0 Å². The standard InChI is InChI=1S/C28H33NO2/c30-19-20-14-16-29(17-15-20)24-10-8-22(9-11-24)28-26(21-4-1-2-5-21)7-3-6-23-18-25(31)12-13-27(23)28/h8-13,18-21,31H,1-7,14-17H2. The van der Waals surface area contributed by atoms with Crippen LogP contribution in [0.5, 0.6) is 5.75 Å². The van der Waals surface area contributed by atoms with E-state index in [0.29, 0.717) is 11.7 Å². The van der Waals surface area contributed by atoms with Gasteiger partial charge in [0.2, 0.25) is 0 Å². The van der Waals surface area contributed by atoms with Crippen LogP contribution in [0, 0.1) is 11.8 Å². The number of aromatic hydroxyl groups is 1. The summed E-state index contributed by atoms with van der Waals surface area (Å²) in [6.07, 6.45) is 11.7. The Morgan fingerprint density at radius 2 is 1.61 bits per heavy atom. The van der Waals surface area contributed by atoms with Gasteiger partial charge in [-0.3, -0.25) is 0 Å². The molecule has 0 aromatic heterocycles. The molecule has 1 heterocycles. The molecule has 1 aliphatic heterocycles. The number of phenolic OH excluding ortho intramolecular Hbond substituents is 1. The molecule has 2 aromatic carbocycles. The van der Waals surface area contributed by atoms with Crippen LogP contribution >= 0.6 is 0 Å². The van der Waals surface area contributed by atoms with Gasteiger partial charge in [-0.25, -0.2) is 0 Å².